The van der Waals surface area contributed by atoms with Crippen LogP contribution >= 0.6 is 0 Å². The van der Waals surface area contributed by atoms with Crippen molar-refractivity contribution in [3.63, 3.8) is 0 Å². The topological polar surface area (TPSA) is 83.4 Å². The van der Waals surface area contributed by atoms with Crippen molar-refractivity contribution in [1.29, 1.82) is 0 Å². The van der Waals surface area contributed by atoms with E-state index in [9.17, 15) is 0 Å². The summed E-state index contributed by atoms with van der Waals surface area (Å²) in [6.07, 6.45) is 0. The molecule has 0 saturated carbocycles. The van der Waals surface area contributed by atoms with Crippen molar-refractivity contribution in [1.82, 2.24) is 10.2 Å². The second-order valence-electron chi connectivity index (χ2n) is 3.20. The van der Waals surface area contributed by atoms with Crippen LogP contribution in [0.1, 0.15) is 12.8 Å². The fourth-order valence-electron chi connectivity index (χ4n) is 1.31. The van der Waals surface area contributed by atoms with Gasteiger partial charge in [-0.25, -0.2) is 0 Å². The van der Waals surface area contributed by atoms with Crippen molar-refractivity contribution in [3.05, 3.63) is 30.2 Å². The van der Waals surface area contributed by atoms with Crippen LogP contribution in [0.5, 0.6) is 11.5 Å². The van der Waals surface area contributed by atoms with Gasteiger partial charge in [-0.1, -0.05) is 17.2 Å². The molecular weight excluding hydrogens is 222 g/mol. The highest BCUT2D eigenvalue weighted by Crippen LogP contribution is 2.27. The summed E-state index contributed by atoms with van der Waals surface area (Å²) in [4.78, 5) is 0. The van der Waals surface area contributed by atoms with E-state index >= 15 is 0 Å². The predicted molar refractivity (Wildman–Crippen MR) is 60.7 cm³/mol. The average Bonchev–Trinajstić information content (AvgIpc) is 2.74. The summed E-state index contributed by atoms with van der Waals surface area (Å²) in [5, 5.41) is 7.24. The van der Waals surface area contributed by atoms with Crippen molar-refractivity contribution in [2.24, 2.45) is 0 Å². The number of benzene rings is 1. The number of rotatable bonds is 5. The number of aromatic nitrogens is 2. The zero-order valence-electron chi connectivity index (χ0n) is 9.42. The minimum absolute atomic E-state index is 0.0293. The van der Waals surface area contributed by atoms with Gasteiger partial charge in [-0.3, -0.25) is 0 Å². The van der Waals surface area contributed by atoms with E-state index in [1.165, 1.54) is 0 Å². The first-order chi connectivity index (χ1) is 8.29. The van der Waals surface area contributed by atoms with Crippen LogP contribution in [0.4, 0.5) is 6.01 Å². The standard InChI is InChI=1S/C11H13N3O3/c1-2-15-8-5-3-4-6-9(8)16-7-10-13-14-11(12)17-10/h3-6H,2,7H2,1H3,(H2,12,14). The normalized spacial score (nSPS) is 10.2. The minimum Gasteiger partial charge on any atom is -0.490 e. The van der Waals surface area contributed by atoms with E-state index in [0.29, 0.717) is 24.0 Å². The summed E-state index contributed by atoms with van der Waals surface area (Å²) in [6.45, 7) is 2.65. The van der Waals surface area contributed by atoms with Gasteiger partial charge in [0.05, 0.1) is 6.61 Å². The summed E-state index contributed by atoms with van der Waals surface area (Å²) in [7, 11) is 0. The Morgan fingerprint density at radius 2 is 1.88 bits per heavy atom. The van der Waals surface area contributed by atoms with Gasteiger partial charge in [0.2, 0.25) is 0 Å². The van der Waals surface area contributed by atoms with Gasteiger partial charge >= 0.3 is 6.01 Å². The number of ether oxygens (including phenoxy) is 2. The van der Waals surface area contributed by atoms with Crippen LogP contribution in [-0.2, 0) is 6.61 Å². The van der Waals surface area contributed by atoms with Gasteiger partial charge in [0.1, 0.15) is 0 Å². The molecule has 2 rings (SSSR count). The van der Waals surface area contributed by atoms with Crippen LogP contribution in [0, 0.1) is 0 Å². The van der Waals surface area contributed by atoms with Gasteiger partial charge in [0.25, 0.3) is 5.89 Å². The number of hydrogen-bond acceptors (Lipinski definition) is 6. The number of nitrogen functional groups attached to an aromatic ring is 1. The van der Waals surface area contributed by atoms with Crippen molar-refractivity contribution < 1.29 is 13.9 Å². The molecule has 0 fully saturated rings. The molecule has 2 aromatic rings. The molecule has 90 valence electrons. The van der Waals surface area contributed by atoms with E-state index in [4.69, 9.17) is 19.6 Å². The van der Waals surface area contributed by atoms with Gasteiger partial charge in [-0.15, -0.1) is 5.10 Å². The number of anilines is 1. The SMILES string of the molecule is CCOc1ccccc1OCc1nnc(N)o1. The molecule has 0 bridgehead atoms. The van der Waals surface area contributed by atoms with Gasteiger partial charge in [0, 0.05) is 0 Å². The number of nitrogens with two attached hydrogens (primary N) is 1. The molecule has 1 aromatic heterocycles. The Hall–Kier alpha value is -2.24. The third-order valence-electron chi connectivity index (χ3n) is 1.98. The van der Waals surface area contributed by atoms with E-state index in [-0.39, 0.29) is 12.6 Å². The van der Waals surface area contributed by atoms with Crippen LogP contribution in [0.3, 0.4) is 0 Å². The Balaban J connectivity index is 2.03. The summed E-state index contributed by atoms with van der Waals surface area (Å²) in [5.74, 6) is 1.64. The van der Waals surface area contributed by atoms with E-state index in [0.717, 1.165) is 0 Å². The van der Waals surface area contributed by atoms with Crippen molar-refractivity contribution in [2.75, 3.05) is 12.3 Å². The summed E-state index contributed by atoms with van der Waals surface area (Å²) in [5.41, 5.74) is 5.30. The molecule has 0 aliphatic carbocycles. The first-order valence-corrected chi connectivity index (χ1v) is 5.22. The second kappa shape index (κ2) is 5.20. The monoisotopic (exact) mass is 235 g/mol. The second-order valence-corrected chi connectivity index (χ2v) is 3.20. The molecule has 0 radical (unpaired) electrons. The highest BCUT2D eigenvalue weighted by Gasteiger charge is 2.07. The van der Waals surface area contributed by atoms with Crippen LogP contribution in [0.2, 0.25) is 0 Å². The largest absolute Gasteiger partial charge is 0.490 e. The zero-order chi connectivity index (χ0) is 12.1. The van der Waals surface area contributed by atoms with Crippen molar-refractivity contribution in [2.45, 2.75) is 13.5 Å². The molecule has 0 aliphatic heterocycles. The molecule has 0 spiro atoms. The summed E-state index contributed by atoms with van der Waals surface area (Å²) >= 11 is 0. The zero-order valence-corrected chi connectivity index (χ0v) is 9.42. The first-order valence-electron chi connectivity index (χ1n) is 5.22. The number of para-hydroxylation sites is 2. The fourth-order valence-corrected chi connectivity index (χ4v) is 1.31. The maximum Gasteiger partial charge on any atom is 0.312 e. The van der Waals surface area contributed by atoms with Crippen LogP contribution < -0.4 is 15.2 Å². The van der Waals surface area contributed by atoms with E-state index in [1.54, 1.807) is 0 Å². The Labute approximate surface area is 98.4 Å². The van der Waals surface area contributed by atoms with Crippen LogP contribution in [0.15, 0.2) is 28.7 Å². The molecule has 0 aliphatic rings. The molecule has 6 heteroatoms. The molecule has 17 heavy (non-hydrogen) atoms. The Morgan fingerprint density at radius 1 is 1.18 bits per heavy atom. The Bertz CT molecular complexity index is 484. The lowest BCUT2D eigenvalue weighted by molar-refractivity contribution is 0.243. The van der Waals surface area contributed by atoms with Gasteiger partial charge in [-0.2, -0.15) is 0 Å². The summed E-state index contributed by atoms with van der Waals surface area (Å²) < 4.78 is 15.9. The highest BCUT2D eigenvalue weighted by atomic mass is 16.5. The van der Waals surface area contributed by atoms with Crippen LogP contribution in [0.25, 0.3) is 0 Å². The lowest BCUT2D eigenvalue weighted by Crippen LogP contribution is -1.99. The maximum atomic E-state index is 5.51. The van der Waals surface area contributed by atoms with E-state index < -0.39 is 0 Å². The van der Waals surface area contributed by atoms with Gasteiger partial charge < -0.3 is 19.6 Å². The van der Waals surface area contributed by atoms with Gasteiger partial charge in [0.15, 0.2) is 18.1 Å². The minimum atomic E-state index is 0.0293. The third-order valence-corrected chi connectivity index (χ3v) is 1.98. The van der Waals surface area contributed by atoms with Crippen LogP contribution in [-0.4, -0.2) is 16.8 Å². The summed E-state index contributed by atoms with van der Waals surface area (Å²) in [6, 6.07) is 7.41. The maximum absolute atomic E-state index is 5.51. The number of nitrogens with zero attached hydrogens (tertiary/aromatic N) is 2. The smallest absolute Gasteiger partial charge is 0.312 e. The van der Waals surface area contributed by atoms with E-state index in [1.807, 2.05) is 31.2 Å². The van der Waals surface area contributed by atoms with E-state index in [2.05, 4.69) is 10.2 Å². The third kappa shape index (κ3) is 2.87. The first kappa shape index (κ1) is 11.3. The molecule has 0 atom stereocenters. The fraction of sp³-hybridized carbons (Fsp3) is 0.273. The predicted octanol–water partition coefficient (Wildman–Crippen LogP) is 1.63. The number of hydrogen-bond donors (Lipinski definition) is 1. The molecule has 2 N–H and O–H groups in total. The molecule has 0 saturated heterocycles. The Morgan fingerprint density at radius 3 is 2.47 bits per heavy atom. The Kier molecular flexibility index (Phi) is 3.44. The quantitative estimate of drug-likeness (QED) is 0.847. The molecule has 1 heterocycles. The molecule has 1 aromatic carbocycles. The highest BCUT2D eigenvalue weighted by molar-refractivity contribution is 5.39. The molecular formula is C11H13N3O3. The molecule has 0 unspecified atom stereocenters. The lowest BCUT2D eigenvalue weighted by Gasteiger charge is -2.09. The van der Waals surface area contributed by atoms with Crippen molar-refractivity contribution in [3.8, 4) is 11.5 Å². The molecule has 0 amide bonds. The van der Waals surface area contributed by atoms with Crippen molar-refractivity contribution >= 4 is 6.01 Å². The lowest BCUT2D eigenvalue weighted by atomic mass is 10.3. The average molecular weight is 235 g/mol. The molecule has 6 nitrogen and oxygen atoms in total. The van der Waals surface area contributed by atoms with Gasteiger partial charge in [-0.05, 0) is 19.1 Å².